The van der Waals surface area contributed by atoms with Crippen molar-refractivity contribution in [1.82, 2.24) is 0 Å². The Bertz CT molecular complexity index is 3710. The van der Waals surface area contributed by atoms with Gasteiger partial charge in [-0.25, -0.2) is 0 Å². The Morgan fingerprint density at radius 1 is 0.471 bits per heavy atom. The zero-order valence-corrected chi connectivity index (χ0v) is 40.5. The minimum Gasteiger partial charge on any atom is -0.311 e. The highest BCUT2D eigenvalue weighted by atomic mass is 32.1. The van der Waals surface area contributed by atoms with Gasteiger partial charge < -0.3 is 14.7 Å². The Kier molecular flexibility index (Phi) is 8.92. The number of rotatable bonds is 5. The van der Waals surface area contributed by atoms with Crippen LogP contribution in [0.25, 0.3) is 31.3 Å². The first-order valence-electron chi connectivity index (χ1n) is 24.0. The fraction of sp³-hybridized carbons (Fsp3) is 0.143. The normalized spacial score (nSPS) is 14.1. The number of anilines is 9. The summed E-state index contributed by atoms with van der Waals surface area (Å²) in [7, 11) is 0. The van der Waals surface area contributed by atoms with Crippen molar-refractivity contribution in [2.24, 2.45) is 0 Å². The average molecular weight is 894 g/mol. The van der Waals surface area contributed by atoms with Gasteiger partial charge in [0.05, 0.1) is 0 Å². The molecule has 3 heterocycles. The van der Waals surface area contributed by atoms with E-state index in [-0.39, 0.29) is 17.5 Å². The van der Waals surface area contributed by atoms with E-state index in [4.69, 9.17) is 0 Å². The lowest BCUT2D eigenvalue weighted by atomic mass is 9.33. The van der Waals surface area contributed by atoms with E-state index in [1.807, 2.05) is 11.3 Å². The summed E-state index contributed by atoms with van der Waals surface area (Å²) in [5.41, 5.74) is 23.7. The third-order valence-electron chi connectivity index (χ3n) is 15.0. The molecule has 3 nitrogen and oxygen atoms in total. The summed E-state index contributed by atoms with van der Waals surface area (Å²) in [5, 5.41) is 2.59. The monoisotopic (exact) mass is 893 g/mol. The molecule has 9 aromatic carbocycles. The number of benzene rings is 9. The van der Waals surface area contributed by atoms with Gasteiger partial charge in [0.25, 0.3) is 6.71 Å². The molecule has 5 heteroatoms. The van der Waals surface area contributed by atoms with E-state index in [0.717, 1.165) is 22.7 Å². The molecule has 3 aliphatic rings. The van der Waals surface area contributed by atoms with Gasteiger partial charge in [-0.05, 0) is 166 Å². The first kappa shape index (κ1) is 40.9. The van der Waals surface area contributed by atoms with Crippen LogP contribution in [0.2, 0.25) is 0 Å². The maximum atomic E-state index is 2.59. The summed E-state index contributed by atoms with van der Waals surface area (Å²) in [6.07, 6.45) is 0. The van der Waals surface area contributed by atoms with Crippen LogP contribution in [0.5, 0.6) is 0 Å². The predicted molar refractivity (Wildman–Crippen MR) is 294 cm³/mol. The second-order valence-electron chi connectivity index (χ2n) is 20.8. The molecule has 13 rings (SSSR count). The third kappa shape index (κ3) is 6.11. The van der Waals surface area contributed by atoms with E-state index in [1.165, 1.54) is 104 Å². The van der Waals surface area contributed by atoms with Crippen LogP contribution in [0, 0.1) is 13.8 Å². The van der Waals surface area contributed by atoms with Crippen molar-refractivity contribution in [3.8, 4) is 11.1 Å². The number of para-hydroxylation sites is 1. The molecule has 0 saturated heterocycles. The highest BCUT2D eigenvalue weighted by Gasteiger charge is 2.45. The highest BCUT2D eigenvalue weighted by molar-refractivity contribution is 7.25. The zero-order valence-electron chi connectivity index (χ0n) is 39.7. The minimum absolute atomic E-state index is 0.0154. The largest absolute Gasteiger partial charge is 0.311 e. The molecule has 68 heavy (non-hydrogen) atoms. The van der Waals surface area contributed by atoms with Crippen LogP contribution in [-0.2, 0) is 10.8 Å². The zero-order chi connectivity index (χ0) is 46.2. The smallest absolute Gasteiger partial charge is 0.252 e. The van der Waals surface area contributed by atoms with Crippen LogP contribution in [0.4, 0.5) is 51.2 Å². The maximum absolute atomic E-state index is 2.59. The van der Waals surface area contributed by atoms with Gasteiger partial charge in [0.1, 0.15) is 0 Å². The van der Waals surface area contributed by atoms with Crippen molar-refractivity contribution in [2.45, 2.75) is 59.3 Å². The summed E-state index contributed by atoms with van der Waals surface area (Å²) in [5.74, 6) is 0. The van der Waals surface area contributed by atoms with Crippen LogP contribution in [-0.4, -0.2) is 6.71 Å². The van der Waals surface area contributed by atoms with E-state index >= 15 is 0 Å². The summed E-state index contributed by atoms with van der Waals surface area (Å²) >= 11 is 1.87. The molecule has 0 fully saturated rings. The van der Waals surface area contributed by atoms with Gasteiger partial charge in [0, 0.05) is 76.8 Å². The molecule has 328 valence electrons. The molecule has 0 unspecified atom stereocenters. The molecule has 10 aromatic rings. The molecule has 2 aliphatic heterocycles. The van der Waals surface area contributed by atoms with Crippen molar-refractivity contribution in [3.63, 3.8) is 0 Å². The molecule has 0 atom stereocenters. The molecule has 0 spiro atoms. The van der Waals surface area contributed by atoms with Gasteiger partial charge in [-0.15, -0.1) is 11.3 Å². The molecule has 1 aromatic heterocycles. The van der Waals surface area contributed by atoms with Crippen molar-refractivity contribution in [2.75, 3.05) is 14.7 Å². The van der Waals surface area contributed by atoms with Gasteiger partial charge in [0.15, 0.2) is 0 Å². The fourth-order valence-electron chi connectivity index (χ4n) is 11.8. The van der Waals surface area contributed by atoms with Crippen molar-refractivity contribution < 1.29 is 0 Å². The second kappa shape index (κ2) is 14.8. The van der Waals surface area contributed by atoms with E-state index in [9.17, 15) is 0 Å². The van der Waals surface area contributed by atoms with Crippen molar-refractivity contribution in [3.05, 3.63) is 216 Å². The van der Waals surface area contributed by atoms with Crippen molar-refractivity contribution in [1.29, 1.82) is 0 Å². The Hall–Kier alpha value is -7.34. The van der Waals surface area contributed by atoms with Crippen LogP contribution < -0.4 is 31.1 Å². The van der Waals surface area contributed by atoms with Gasteiger partial charge in [0.2, 0.25) is 0 Å². The van der Waals surface area contributed by atoms with Crippen LogP contribution in [0.1, 0.15) is 62.4 Å². The molecular formula is C63H52BN3S. The molecule has 0 N–H and O–H groups in total. The molecular weight excluding hydrogens is 842 g/mol. The summed E-state index contributed by atoms with van der Waals surface area (Å²) in [6.45, 7) is 16.2. The lowest BCUT2D eigenvalue weighted by Gasteiger charge is -2.45. The van der Waals surface area contributed by atoms with E-state index in [0.29, 0.717) is 0 Å². The van der Waals surface area contributed by atoms with Gasteiger partial charge in [-0.2, -0.15) is 0 Å². The third-order valence-corrected chi connectivity index (χ3v) is 16.2. The van der Waals surface area contributed by atoms with Crippen LogP contribution in [0.3, 0.4) is 0 Å². The molecule has 1 aliphatic carbocycles. The highest BCUT2D eigenvalue weighted by Crippen LogP contribution is 2.52. The molecule has 0 amide bonds. The first-order chi connectivity index (χ1) is 32.9. The molecule has 0 saturated carbocycles. The Balaban J connectivity index is 1.10. The summed E-state index contributed by atoms with van der Waals surface area (Å²) in [6, 6.07) is 71.4. The number of hydrogen-bond donors (Lipinski definition) is 0. The maximum Gasteiger partial charge on any atom is 0.252 e. The summed E-state index contributed by atoms with van der Waals surface area (Å²) < 4.78 is 2.61. The van der Waals surface area contributed by atoms with Gasteiger partial charge in [-0.3, -0.25) is 0 Å². The van der Waals surface area contributed by atoms with Crippen LogP contribution in [0.15, 0.2) is 188 Å². The first-order valence-corrected chi connectivity index (χ1v) is 24.8. The molecule has 0 bridgehead atoms. The fourth-order valence-corrected chi connectivity index (χ4v) is 12.9. The number of aryl methyl sites for hydroxylation is 2. The quantitative estimate of drug-likeness (QED) is 0.159. The second-order valence-corrected chi connectivity index (χ2v) is 21.9. The standard InChI is InChI=1S/C63H52BN3S/c1-39-16-15-19-43(32-39)65(42-17-9-8-10-18-42)46-26-29-53-56(38-46)67(45-27-31-60-50(37-45)48-21-12-14-23-59(48)68-60)58-34-40(2)33-57-61(58)64(53)54-35-41(62(3,4)5)24-30-55(54)66(57)44-25-28-52-49(36-44)47-20-11-13-22-51(47)63(52,6)7/h8-38H,1-7H3. The number of fused-ring (bicyclic) bond motifs is 10. The Morgan fingerprint density at radius 2 is 1.15 bits per heavy atom. The number of nitrogens with zero attached hydrogens (tertiary/aromatic N) is 3. The van der Waals surface area contributed by atoms with Gasteiger partial charge >= 0.3 is 0 Å². The van der Waals surface area contributed by atoms with Crippen LogP contribution >= 0.6 is 11.3 Å². The Morgan fingerprint density at radius 3 is 1.96 bits per heavy atom. The van der Waals surface area contributed by atoms with E-state index in [1.54, 1.807) is 0 Å². The number of hydrogen-bond acceptors (Lipinski definition) is 4. The average Bonchev–Trinajstić information content (AvgIpc) is 3.82. The Labute approximate surface area is 404 Å². The van der Waals surface area contributed by atoms with E-state index < -0.39 is 0 Å². The lowest BCUT2D eigenvalue weighted by Crippen LogP contribution is -2.61. The SMILES string of the molecule is Cc1cccc(N(c2ccccc2)c2ccc3c(c2)N(c2ccc4sc5ccccc5c4c2)c2cc(C)cc4c2B3c2cc(C(C)(C)C)ccc2N4c2ccc3c(c2)-c2ccccc2C3(C)C)c1. The number of thiophene rings is 1. The predicted octanol–water partition coefficient (Wildman–Crippen LogP) is 15.8. The topological polar surface area (TPSA) is 9.72 Å². The van der Waals surface area contributed by atoms with E-state index in [2.05, 4.69) is 251 Å². The minimum atomic E-state index is -0.0765. The molecule has 0 radical (unpaired) electrons. The van der Waals surface area contributed by atoms with Gasteiger partial charge in [-0.1, -0.05) is 132 Å². The van der Waals surface area contributed by atoms with Crippen molar-refractivity contribution >= 4 is 106 Å². The summed E-state index contributed by atoms with van der Waals surface area (Å²) in [4.78, 5) is 7.59. The lowest BCUT2D eigenvalue weighted by molar-refractivity contribution is 0.591.